The zero-order valence-corrected chi connectivity index (χ0v) is 6.24. The summed E-state index contributed by atoms with van der Waals surface area (Å²) in [6, 6.07) is 3.37. The van der Waals surface area contributed by atoms with Crippen LogP contribution in [0.5, 0.6) is 0 Å². The summed E-state index contributed by atoms with van der Waals surface area (Å²) >= 11 is 0. The molecule has 0 aliphatic rings. The second-order valence-electron chi connectivity index (χ2n) is 2.23. The highest BCUT2D eigenvalue weighted by Crippen LogP contribution is 2.03. The van der Waals surface area contributed by atoms with Gasteiger partial charge in [0, 0.05) is 12.4 Å². The lowest BCUT2D eigenvalue weighted by molar-refractivity contribution is 0.549. The van der Waals surface area contributed by atoms with Crippen molar-refractivity contribution in [3.05, 3.63) is 24.5 Å². The Morgan fingerprint density at radius 1 is 1.73 bits per heavy atom. The molecule has 0 fully saturated rings. The van der Waals surface area contributed by atoms with Crippen molar-refractivity contribution in [1.29, 1.82) is 0 Å². The fourth-order valence-electron chi connectivity index (χ4n) is 0.728. The maximum Gasteiger partial charge on any atom is 0.222 e. The lowest BCUT2D eigenvalue weighted by Crippen LogP contribution is -2.15. The highest BCUT2D eigenvalue weighted by Gasteiger charge is 1.98. The molecule has 0 aliphatic heterocycles. The molecule has 11 heavy (non-hydrogen) atoms. The number of aromatic nitrogens is 1. The summed E-state index contributed by atoms with van der Waals surface area (Å²) in [5.41, 5.74) is 0.836. The first-order chi connectivity index (χ1) is 5.33. The summed E-state index contributed by atoms with van der Waals surface area (Å²) in [5.74, 6) is 0. The van der Waals surface area contributed by atoms with Gasteiger partial charge in [-0.3, -0.25) is 9.78 Å². The van der Waals surface area contributed by atoms with Gasteiger partial charge in [0.05, 0.1) is 11.7 Å². The van der Waals surface area contributed by atoms with Gasteiger partial charge in [-0.15, -0.1) is 0 Å². The maximum absolute atomic E-state index is 10.1. The molecule has 0 aromatic carbocycles. The van der Waals surface area contributed by atoms with Gasteiger partial charge in [-0.1, -0.05) is 0 Å². The van der Waals surface area contributed by atoms with E-state index in [0.717, 1.165) is 5.69 Å². The standard InChI is InChI=1S/C8H9N2O/c1-7(6-11)10-8-3-2-4-9-5-8/h2-5,7,10H,1H3/t7-/m1/s1. The summed E-state index contributed by atoms with van der Waals surface area (Å²) in [5, 5.41) is 2.91. The fourth-order valence-corrected chi connectivity index (χ4v) is 0.728. The Bertz CT molecular complexity index is 223. The monoisotopic (exact) mass is 149 g/mol. The van der Waals surface area contributed by atoms with E-state index < -0.39 is 0 Å². The molecule has 0 saturated heterocycles. The SMILES string of the molecule is C[C@H]([C]=O)Nc1cccnc1. The van der Waals surface area contributed by atoms with E-state index in [-0.39, 0.29) is 6.04 Å². The van der Waals surface area contributed by atoms with Gasteiger partial charge in [0.15, 0.2) is 0 Å². The molecule has 0 amide bonds. The van der Waals surface area contributed by atoms with Gasteiger partial charge in [0.1, 0.15) is 0 Å². The van der Waals surface area contributed by atoms with Gasteiger partial charge < -0.3 is 5.32 Å². The van der Waals surface area contributed by atoms with Gasteiger partial charge >= 0.3 is 0 Å². The Kier molecular flexibility index (Phi) is 2.60. The van der Waals surface area contributed by atoms with Crippen LogP contribution in [-0.2, 0) is 4.79 Å². The molecule has 1 rings (SSSR count). The fraction of sp³-hybridized carbons (Fsp3) is 0.250. The predicted octanol–water partition coefficient (Wildman–Crippen LogP) is 0.992. The summed E-state index contributed by atoms with van der Waals surface area (Å²) < 4.78 is 0. The lowest BCUT2D eigenvalue weighted by atomic mass is 10.3. The minimum Gasteiger partial charge on any atom is -0.374 e. The van der Waals surface area contributed by atoms with Crippen LogP contribution in [0.4, 0.5) is 5.69 Å². The van der Waals surface area contributed by atoms with Crippen molar-refractivity contribution in [2.75, 3.05) is 5.32 Å². The molecule has 0 spiro atoms. The van der Waals surface area contributed by atoms with Crippen LogP contribution in [-0.4, -0.2) is 17.3 Å². The van der Waals surface area contributed by atoms with Crippen molar-refractivity contribution in [2.45, 2.75) is 13.0 Å². The number of nitrogens with one attached hydrogen (secondary N) is 1. The van der Waals surface area contributed by atoms with Crippen molar-refractivity contribution < 1.29 is 4.79 Å². The van der Waals surface area contributed by atoms with E-state index in [2.05, 4.69) is 10.3 Å². The normalized spacial score (nSPS) is 12.1. The zero-order chi connectivity index (χ0) is 8.10. The Balaban J connectivity index is 2.57. The molecule has 3 nitrogen and oxygen atoms in total. The smallest absolute Gasteiger partial charge is 0.222 e. The van der Waals surface area contributed by atoms with Gasteiger partial charge in [-0.05, 0) is 19.1 Å². The number of carbonyl (C=O) groups excluding carboxylic acids is 1. The van der Waals surface area contributed by atoms with Crippen molar-refractivity contribution in [3.8, 4) is 0 Å². The largest absolute Gasteiger partial charge is 0.374 e. The molecule has 1 heterocycles. The second-order valence-corrected chi connectivity index (χ2v) is 2.23. The van der Waals surface area contributed by atoms with Crippen LogP contribution in [0.2, 0.25) is 0 Å². The van der Waals surface area contributed by atoms with Gasteiger partial charge in [-0.2, -0.15) is 0 Å². The Labute approximate surface area is 65.5 Å². The number of rotatable bonds is 3. The molecule has 1 N–H and O–H groups in total. The summed E-state index contributed by atoms with van der Waals surface area (Å²) in [4.78, 5) is 14.0. The Morgan fingerprint density at radius 3 is 3.09 bits per heavy atom. The highest BCUT2D eigenvalue weighted by molar-refractivity contribution is 5.63. The molecule has 1 radical (unpaired) electrons. The third kappa shape index (κ3) is 2.37. The Morgan fingerprint density at radius 2 is 2.55 bits per heavy atom. The van der Waals surface area contributed by atoms with E-state index in [4.69, 9.17) is 0 Å². The molecule has 0 saturated carbocycles. The van der Waals surface area contributed by atoms with Crippen LogP contribution in [0.3, 0.4) is 0 Å². The first kappa shape index (κ1) is 7.72. The predicted molar refractivity (Wildman–Crippen MR) is 43.0 cm³/mol. The van der Waals surface area contributed by atoms with E-state index in [1.165, 1.54) is 0 Å². The summed E-state index contributed by atoms with van der Waals surface area (Å²) in [6.07, 6.45) is 5.17. The average molecular weight is 149 g/mol. The first-order valence-electron chi connectivity index (χ1n) is 3.37. The van der Waals surface area contributed by atoms with Crippen LogP contribution in [0.25, 0.3) is 0 Å². The van der Waals surface area contributed by atoms with Crippen LogP contribution >= 0.6 is 0 Å². The van der Waals surface area contributed by atoms with Crippen LogP contribution in [0.1, 0.15) is 6.92 Å². The van der Waals surface area contributed by atoms with Crippen molar-refractivity contribution in [1.82, 2.24) is 4.98 Å². The first-order valence-corrected chi connectivity index (χ1v) is 3.37. The van der Waals surface area contributed by atoms with Crippen LogP contribution < -0.4 is 5.32 Å². The molecular formula is C8H9N2O. The maximum atomic E-state index is 10.1. The third-order valence-electron chi connectivity index (χ3n) is 1.22. The van der Waals surface area contributed by atoms with Crippen molar-refractivity contribution in [3.63, 3.8) is 0 Å². The average Bonchev–Trinajstić information content (AvgIpc) is 2.06. The van der Waals surface area contributed by atoms with Crippen LogP contribution in [0, 0.1) is 0 Å². The minimum absolute atomic E-state index is 0.279. The van der Waals surface area contributed by atoms with Crippen LogP contribution in [0.15, 0.2) is 24.5 Å². The topological polar surface area (TPSA) is 42.0 Å². The van der Waals surface area contributed by atoms with E-state index in [1.54, 1.807) is 25.4 Å². The van der Waals surface area contributed by atoms with E-state index in [0.29, 0.717) is 0 Å². The molecule has 0 unspecified atom stereocenters. The number of anilines is 1. The third-order valence-corrected chi connectivity index (χ3v) is 1.22. The molecule has 0 bridgehead atoms. The van der Waals surface area contributed by atoms with E-state index in [9.17, 15) is 4.79 Å². The number of hydrogen-bond donors (Lipinski definition) is 1. The zero-order valence-electron chi connectivity index (χ0n) is 6.24. The van der Waals surface area contributed by atoms with E-state index in [1.807, 2.05) is 12.4 Å². The highest BCUT2D eigenvalue weighted by atomic mass is 16.1. The molecule has 57 valence electrons. The second kappa shape index (κ2) is 3.71. The molecule has 1 atom stereocenters. The number of pyridine rings is 1. The van der Waals surface area contributed by atoms with Crippen molar-refractivity contribution >= 4 is 12.0 Å². The molecule has 1 aromatic rings. The molecule has 0 aliphatic carbocycles. The quantitative estimate of drug-likeness (QED) is 0.696. The molecular weight excluding hydrogens is 140 g/mol. The van der Waals surface area contributed by atoms with Gasteiger partial charge in [-0.25, -0.2) is 0 Å². The van der Waals surface area contributed by atoms with Crippen molar-refractivity contribution in [2.24, 2.45) is 0 Å². The summed E-state index contributed by atoms with van der Waals surface area (Å²) in [7, 11) is 0. The van der Waals surface area contributed by atoms with Gasteiger partial charge in [0.2, 0.25) is 6.29 Å². The lowest BCUT2D eigenvalue weighted by Gasteiger charge is -2.05. The Hall–Kier alpha value is -1.38. The number of nitrogens with zero attached hydrogens (tertiary/aromatic N) is 1. The van der Waals surface area contributed by atoms with Gasteiger partial charge in [0.25, 0.3) is 0 Å². The molecule has 1 aromatic heterocycles. The number of hydrogen-bond acceptors (Lipinski definition) is 3. The summed E-state index contributed by atoms with van der Waals surface area (Å²) in [6.45, 7) is 1.74. The molecule has 3 heteroatoms. The van der Waals surface area contributed by atoms with E-state index >= 15 is 0 Å². The minimum atomic E-state index is -0.279.